The van der Waals surface area contributed by atoms with Crippen LogP contribution in [0.5, 0.6) is 0 Å². The van der Waals surface area contributed by atoms with Gasteiger partial charge in [0.1, 0.15) is 0 Å². The summed E-state index contributed by atoms with van der Waals surface area (Å²) in [6.45, 7) is 0. The third-order valence-corrected chi connectivity index (χ3v) is 4.14. The van der Waals surface area contributed by atoms with Crippen LogP contribution in [0.4, 0.5) is 0 Å². The second kappa shape index (κ2) is 4.64. The van der Waals surface area contributed by atoms with Crippen molar-refractivity contribution in [3.8, 4) is 0 Å². The molecule has 0 fully saturated rings. The number of benzene rings is 3. The van der Waals surface area contributed by atoms with Gasteiger partial charge in [-0.1, -0.05) is 66.7 Å². The van der Waals surface area contributed by atoms with Crippen molar-refractivity contribution < 1.29 is 0 Å². The quantitative estimate of drug-likeness (QED) is 0.552. The van der Waals surface area contributed by atoms with Crippen molar-refractivity contribution in [1.29, 1.82) is 0 Å². The molecule has 0 unspecified atom stereocenters. The minimum atomic E-state index is 1.16. The molecule has 0 heteroatoms. The smallest absolute Gasteiger partial charge is 0.0178 e. The average molecular weight is 256 g/mol. The van der Waals surface area contributed by atoms with E-state index in [0.717, 1.165) is 6.42 Å². The molecule has 0 aliphatic heterocycles. The van der Waals surface area contributed by atoms with E-state index in [1.165, 1.54) is 39.5 Å². The summed E-state index contributed by atoms with van der Waals surface area (Å²) in [5.74, 6) is 0. The number of allylic oxidation sites excluding steroid dienone is 1. The van der Waals surface area contributed by atoms with Crippen LogP contribution in [0.25, 0.3) is 22.4 Å². The molecule has 20 heavy (non-hydrogen) atoms. The van der Waals surface area contributed by atoms with Crippen LogP contribution in [0.15, 0.2) is 66.7 Å². The third-order valence-electron chi connectivity index (χ3n) is 4.14. The van der Waals surface area contributed by atoms with Gasteiger partial charge in [0.25, 0.3) is 0 Å². The predicted molar refractivity (Wildman–Crippen MR) is 86.6 cm³/mol. The van der Waals surface area contributed by atoms with Crippen LogP contribution in [-0.4, -0.2) is 0 Å². The van der Waals surface area contributed by atoms with E-state index in [1.807, 2.05) is 0 Å². The largest absolute Gasteiger partial charge is 0.0620 e. The van der Waals surface area contributed by atoms with E-state index in [2.05, 4.69) is 72.8 Å². The van der Waals surface area contributed by atoms with E-state index in [4.69, 9.17) is 0 Å². The van der Waals surface area contributed by atoms with Crippen LogP contribution in [0.3, 0.4) is 0 Å². The minimum absolute atomic E-state index is 1.16. The fourth-order valence-corrected chi connectivity index (χ4v) is 3.10. The fourth-order valence-electron chi connectivity index (χ4n) is 3.10. The molecule has 3 aromatic carbocycles. The highest BCUT2D eigenvalue weighted by Gasteiger charge is 2.14. The monoisotopic (exact) mass is 256 g/mol. The second-order valence-electron chi connectivity index (χ2n) is 5.43. The molecule has 1 aliphatic carbocycles. The topological polar surface area (TPSA) is 0 Å². The second-order valence-corrected chi connectivity index (χ2v) is 5.43. The molecule has 3 aromatic rings. The Hall–Kier alpha value is -2.34. The lowest BCUT2D eigenvalue weighted by Gasteiger charge is -2.03. The Morgan fingerprint density at radius 3 is 2.45 bits per heavy atom. The third kappa shape index (κ3) is 1.94. The summed E-state index contributed by atoms with van der Waals surface area (Å²) in [6, 6.07) is 24.0. The minimum Gasteiger partial charge on any atom is -0.0620 e. The maximum Gasteiger partial charge on any atom is -0.0178 e. The number of aryl methyl sites for hydroxylation is 1. The Labute approximate surface area is 119 Å². The summed E-state index contributed by atoms with van der Waals surface area (Å²) < 4.78 is 0. The highest BCUT2D eigenvalue weighted by molar-refractivity contribution is 5.90. The van der Waals surface area contributed by atoms with E-state index in [0.29, 0.717) is 0 Å². The van der Waals surface area contributed by atoms with Crippen molar-refractivity contribution in [3.05, 3.63) is 83.4 Å². The molecular weight excluding hydrogens is 240 g/mol. The first-order valence-electron chi connectivity index (χ1n) is 7.18. The number of rotatable bonds is 1. The number of hydrogen-bond acceptors (Lipinski definition) is 0. The van der Waals surface area contributed by atoms with E-state index in [-0.39, 0.29) is 0 Å². The Morgan fingerprint density at radius 2 is 1.50 bits per heavy atom. The zero-order valence-corrected chi connectivity index (χ0v) is 11.3. The average Bonchev–Trinajstić information content (AvgIpc) is 2.91. The highest BCUT2D eigenvalue weighted by Crippen LogP contribution is 2.33. The van der Waals surface area contributed by atoms with Crippen LogP contribution >= 0.6 is 0 Å². The van der Waals surface area contributed by atoms with Gasteiger partial charge < -0.3 is 0 Å². The summed E-state index contributed by atoms with van der Waals surface area (Å²) in [4.78, 5) is 0. The number of fused-ring (bicyclic) bond motifs is 2. The molecule has 0 saturated carbocycles. The van der Waals surface area contributed by atoms with Crippen LogP contribution in [-0.2, 0) is 6.42 Å². The van der Waals surface area contributed by atoms with Gasteiger partial charge in [-0.3, -0.25) is 0 Å². The molecule has 0 spiro atoms. The lowest BCUT2D eigenvalue weighted by Crippen LogP contribution is -1.80. The standard InChI is InChI=1S/C20H16/c1-2-7-18-13-15(9-10-16(18)5-1)14-19-12-11-17-6-3-4-8-20(17)19/h1-10,13-14H,11-12H2/b19-14+. The van der Waals surface area contributed by atoms with Crippen molar-refractivity contribution in [1.82, 2.24) is 0 Å². The van der Waals surface area contributed by atoms with E-state index >= 15 is 0 Å². The first-order valence-corrected chi connectivity index (χ1v) is 7.18. The van der Waals surface area contributed by atoms with Gasteiger partial charge in [-0.15, -0.1) is 0 Å². The molecule has 0 aromatic heterocycles. The van der Waals surface area contributed by atoms with Crippen molar-refractivity contribution in [2.75, 3.05) is 0 Å². The SMILES string of the molecule is C(=C1/CCc2ccccc21)/c1ccc2ccccc2c1. The summed E-state index contributed by atoms with van der Waals surface area (Å²) >= 11 is 0. The van der Waals surface area contributed by atoms with Crippen molar-refractivity contribution in [2.45, 2.75) is 12.8 Å². The van der Waals surface area contributed by atoms with Gasteiger partial charge in [0.15, 0.2) is 0 Å². The van der Waals surface area contributed by atoms with Crippen LogP contribution in [0, 0.1) is 0 Å². The lowest BCUT2D eigenvalue weighted by atomic mass is 10.0. The molecule has 0 amide bonds. The summed E-state index contributed by atoms with van der Waals surface area (Å²) in [5, 5.41) is 2.62. The van der Waals surface area contributed by atoms with Gasteiger partial charge in [0.05, 0.1) is 0 Å². The Morgan fingerprint density at radius 1 is 0.700 bits per heavy atom. The summed E-state index contributed by atoms with van der Waals surface area (Å²) in [6.07, 6.45) is 4.68. The van der Waals surface area contributed by atoms with Gasteiger partial charge in [-0.05, 0) is 51.9 Å². The predicted octanol–water partition coefficient (Wildman–Crippen LogP) is 5.33. The van der Waals surface area contributed by atoms with Crippen LogP contribution in [0.1, 0.15) is 23.1 Å². The fraction of sp³-hybridized carbons (Fsp3) is 0.100. The molecule has 0 radical (unpaired) electrons. The molecule has 0 bridgehead atoms. The van der Waals surface area contributed by atoms with Crippen molar-refractivity contribution in [2.24, 2.45) is 0 Å². The molecule has 0 nitrogen and oxygen atoms in total. The zero-order chi connectivity index (χ0) is 13.4. The molecule has 0 saturated heterocycles. The van der Waals surface area contributed by atoms with Gasteiger partial charge >= 0.3 is 0 Å². The van der Waals surface area contributed by atoms with E-state index < -0.39 is 0 Å². The molecule has 1 aliphatic rings. The summed E-state index contributed by atoms with van der Waals surface area (Å²) in [7, 11) is 0. The Kier molecular flexibility index (Phi) is 2.67. The first-order chi connectivity index (χ1) is 9.90. The normalized spacial score (nSPS) is 15.7. The highest BCUT2D eigenvalue weighted by atomic mass is 14.2. The maximum atomic E-state index is 2.35. The van der Waals surface area contributed by atoms with Crippen LogP contribution in [0.2, 0.25) is 0 Å². The van der Waals surface area contributed by atoms with E-state index in [9.17, 15) is 0 Å². The molecule has 4 rings (SSSR count). The van der Waals surface area contributed by atoms with Gasteiger partial charge in [0.2, 0.25) is 0 Å². The van der Waals surface area contributed by atoms with Gasteiger partial charge in [-0.25, -0.2) is 0 Å². The molecule has 0 atom stereocenters. The van der Waals surface area contributed by atoms with Gasteiger partial charge in [0, 0.05) is 0 Å². The Bertz CT molecular complexity index is 809. The van der Waals surface area contributed by atoms with Crippen molar-refractivity contribution >= 4 is 22.4 Å². The van der Waals surface area contributed by atoms with Crippen molar-refractivity contribution in [3.63, 3.8) is 0 Å². The number of hydrogen-bond donors (Lipinski definition) is 0. The van der Waals surface area contributed by atoms with Gasteiger partial charge in [-0.2, -0.15) is 0 Å². The van der Waals surface area contributed by atoms with E-state index in [1.54, 1.807) is 0 Å². The molecule has 0 heterocycles. The molecular formula is C20H16. The maximum absolute atomic E-state index is 2.35. The molecule has 0 N–H and O–H groups in total. The van der Waals surface area contributed by atoms with Crippen LogP contribution < -0.4 is 0 Å². The first kappa shape index (κ1) is 11.5. The zero-order valence-electron chi connectivity index (χ0n) is 11.3. The Balaban J connectivity index is 1.79. The molecule has 96 valence electrons. The lowest BCUT2D eigenvalue weighted by molar-refractivity contribution is 1.08. The summed E-state index contributed by atoms with van der Waals surface area (Å²) in [5.41, 5.74) is 5.69.